The second-order valence-corrected chi connectivity index (χ2v) is 10.4. The minimum atomic E-state index is -0.829. The van der Waals surface area contributed by atoms with Crippen LogP contribution in [0.25, 0.3) is 5.76 Å². The number of amides is 1. The van der Waals surface area contributed by atoms with E-state index in [4.69, 9.17) is 18.9 Å². The highest BCUT2D eigenvalue weighted by Crippen LogP contribution is 2.43. The zero-order chi connectivity index (χ0) is 28.9. The van der Waals surface area contributed by atoms with Crippen LogP contribution in [0.4, 0.5) is 0 Å². The number of aliphatic hydroxyl groups excluding tert-OH is 1. The van der Waals surface area contributed by atoms with Crippen molar-refractivity contribution in [2.75, 3.05) is 33.5 Å². The second kappa shape index (κ2) is 12.4. The smallest absolute Gasteiger partial charge is 0.295 e. The fourth-order valence-electron chi connectivity index (χ4n) is 5.02. The van der Waals surface area contributed by atoms with Crippen LogP contribution in [0.15, 0.2) is 60.7 Å². The summed E-state index contributed by atoms with van der Waals surface area (Å²) < 4.78 is 24.8. The predicted molar refractivity (Wildman–Crippen MR) is 151 cm³/mol. The first kappa shape index (κ1) is 28.1. The van der Waals surface area contributed by atoms with Gasteiger partial charge in [-0.1, -0.05) is 19.9 Å². The second-order valence-electron chi connectivity index (χ2n) is 10.4. The van der Waals surface area contributed by atoms with Gasteiger partial charge in [0.15, 0.2) is 23.0 Å². The molecule has 5 rings (SSSR count). The van der Waals surface area contributed by atoms with Crippen LogP contribution in [0.3, 0.4) is 0 Å². The van der Waals surface area contributed by atoms with Crippen LogP contribution in [-0.4, -0.2) is 64.7 Å². The first-order valence-electron chi connectivity index (χ1n) is 13.8. The average Bonchev–Trinajstić information content (AvgIpc) is 3.59. The van der Waals surface area contributed by atoms with Gasteiger partial charge in [-0.3, -0.25) is 9.59 Å². The summed E-state index contributed by atoms with van der Waals surface area (Å²) in [6.07, 6.45) is 6.71. The lowest BCUT2D eigenvalue weighted by molar-refractivity contribution is -0.139. The van der Waals surface area contributed by atoms with Gasteiger partial charge in [0.1, 0.15) is 19.0 Å². The van der Waals surface area contributed by atoms with Gasteiger partial charge in [-0.2, -0.15) is 0 Å². The number of fused-ring (bicyclic) bond motifs is 1. The fourth-order valence-corrected chi connectivity index (χ4v) is 5.02. The monoisotopic (exact) mass is 561 g/mol. The van der Waals surface area contributed by atoms with E-state index in [2.05, 4.69) is 18.8 Å². The molecule has 3 aromatic rings. The van der Waals surface area contributed by atoms with Gasteiger partial charge in [0.25, 0.3) is 11.7 Å². The number of aromatic nitrogens is 2. The molecule has 0 aliphatic carbocycles. The number of hydrogen-bond donors (Lipinski definition) is 1. The molecule has 41 heavy (non-hydrogen) atoms. The molecule has 1 aromatic heterocycles. The summed E-state index contributed by atoms with van der Waals surface area (Å²) in [5.74, 6) is 0.868. The summed E-state index contributed by atoms with van der Waals surface area (Å²) in [7, 11) is 1.55. The van der Waals surface area contributed by atoms with Crippen molar-refractivity contribution in [3.05, 3.63) is 71.8 Å². The molecule has 10 heteroatoms. The van der Waals surface area contributed by atoms with Crippen LogP contribution in [0.1, 0.15) is 43.9 Å². The molecule has 1 amide bonds. The number of carbonyl (C=O) groups excluding carboxylic acids is 2. The van der Waals surface area contributed by atoms with E-state index >= 15 is 0 Å². The minimum Gasteiger partial charge on any atom is -0.507 e. The largest absolute Gasteiger partial charge is 0.507 e. The number of hydrogen-bond acceptors (Lipinski definition) is 8. The van der Waals surface area contributed by atoms with Crippen molar-refractivity contribution in [2.24, 2.45) is 5.92 Å². The van der Waals surface area contributed by atoms with Gasteiger partial charge < -0.3 is 33.5 Å². The summed E-state index contributed by atoms with van der Waals surface area (Å²) in [4.78, 5) is 32.5. The van der Waals surface area contributed by atoms with Crippen LogP contribution in [0, 0.1) is 5.92 Å². The molecule has 3 heterocycles. The summed E-state index contributed by atoms with van der Waals surface area (Å²) in [5.41, 5.74) is 0.986. The number of aliphatic hydroxyl groups is 1. The number of benzene rings is 2. The molecule has 0 unspecified atom stereocenters. The van der Waals surface area contributed by atoms with E-state index in [1.54, 1.807) is 50.0 Å². The Morgan fingerprint density at radius 1 is 1.07 bits per heavy atom. The Morgan fingerprint density at radius 2 is 1.88 bits per heavy atom. The Hall–Kier alpha value is -4.47. The average molecular weight is 562 g/mol. The Kier molecular flexibility index (Phi) is 8.47. The molecule has 1 atom stereocenters. The maximum absolute atomic E-state index is 13.5. The van der Waals surface area contributed by atoms with E-state index in [1.807, 2.05) is 16.8 Å². The van der Waals surface area contributed by atoms with Crippen molar-refractivity contribution in [1.29, 1.82) is 0 Å². The van der Waals surface area contributed by atoms with Crippen molar-refractivity contribution in [3.63, 3.8) is 0 Å². The number of imidazole rings is 1. The molecule has 10 nitrogen and oxygen atoms in total. The quantitative estimate of drug-likeness (QED) is 0.205. The van der Waals surface area contributed by atoms with Crippen molar-refractivity contribution in [3.8, 4) is 23.0 Å². The van der Waals surface area contributed by atoms with Crippen molar-refractivity contribution in [1.82, 2.24) is 14.5 Å². The number of ether oxygens (including phenoxy) is 4. The van der Waals surface area contributed by atoms with Gasteiger partial charge in [0, 0.05) is 31.0 Å². The van der Waals surface area contributed by atoms with Crippen LogP contribution in [-0.2, 0) is 16.1 Å². The third-order valence-corrected chi connectivity index (χ3v) is 7.19. The number of ketones is 1. The van der Waals surface area contributed by atoms with E-state index in [9.17, 15) is 14.7 Å². The number of Topliss-reactive ketones (excluding diaryl/α,β-unsaturated/α-hetero) is 1. The SMILES string of the molecule is COc1cc([C@H]2/C(=C(\O)c3ccc4c(c3)OCCO4)C(=O)C(=O)N2CCCn2ccnc2)ccc1OCCC(C)C. The molecular formula is C31H35N3O7. The first-order valence-corrected chi connectivity index (χ1v) is 13.8. The summed E-state index contributed by atoms with van der Waals surface area (Å²) >= 11 is 0. The van der Waals surface area contributed by atoms with E-state index < -0.39 is 17.7 Å². The molecule has 2 aliphatic rings. The number of carbonyl (C=O) groups is 2. The van der Waals surface area contributed by atoms with Crippen LogP contribution >= 0.6 is 0 Å². The summed E-state index contributed by atoms with van der Waals surface area (Å²) in [6, 6.07) is 9.49. The van der Waals surface area contributed by atoms with E-state index in [0.717, 1.165) is 6.42 Å². The molecule has 0 spiro atoms. The third-order valence-electron chi connectivity index (χ3n) is 7.19. The third kappa shape index (κ3) is 6.01. The minimum absolute atomic E-state index is 0.00448. The maximum atomic E-state index is 13.5. The van der Waals surface area contributed by atoms with Gasteiger partial charge in [0.2, 0.25) is 0 Å². The lowest BCUT2D eigenvalue weighted by atomic mass is 9.94. The molecule has 0 bridgehead atoms. The molecule has 2 aliphatic heterocycles. The Bertz CT molecular complexity index is 1430. The van der Waals surface area contributed by atoms with Gasteiger partial charge in [-0.25, -0.2) is 4.98 Å². The molecule has 216 valence electrons. The van der Waals surface area contributed by atoms with Gasteiger partial charge in [-0.05, 0) is 54.7 Å². The summed E-state index contributed by atoms with van der Waals surface area (Å²) in [6.45, 7) is 6.50. The lowest BCUT2D eigenvalue weighted by Crippen LogP contribution is -2.31. The maximum Gasteiger partial charge on any atom is 0.295 e. The molecule has 1 saturated heterocycles. The zero-order valence-electron chi connectivity index (χ0n) is 23.5. The summed E-state index contributed by atoms with van der Waals surface area (Å²) in [5, 5.41) is 11.5. The van der Waals surface area contributed by atoms with Crippen LogP contribution < -0.4 is 18.9 Å². The van der Waals surface area contributed by atoms with Crippen molar-refractivity contribution in [2.45, 2.75) is 39.3 Å². The highest BCUT2D eigenvalue weighted by atomic mass is 16.6. The van der Waals surface area contributed by atoms with Gasteiger partial charge in [-0.15, -0.1) is 0 Å². The Balaban J connectivity index is 1.52. The predicted octanol–water partition coefficient (Wildman–Crippen LogP) is 4.60. The standard InChI is InChI=1S/C31H35N3O7/c1-20(2)9-14-39-23-7-5-21(17-25(23)38-3)28-27(29(35)22-6-8-24-26(18-22)41-16-15-40-24)30(36)31(37)34(28)12-4-11-33-13-10-32-19-33/h5-8,10,13,17-20,28,35H,4,9,11-12,14-16H2,1-3H3/b29-27+/t28-/m0/s1. The Labute approximate surface area is 239 Å². The number of aryl methyl sites for hydroxylation is 1. The molecular weight excluding hydrogens is 526 g/mol. The number of rotatable bonds is 11. The van der Waals surface area contributed by atoms with Crippen molar-refractivity contribution < 1.29 is 33.6 Å². The topological polar surface area (TPSA) is 112 Å². The molecule has 1 N–H and O–H groups in total. The zero-order valence-corrected chi connectivity index (χ0v) is 23.5. The first-order chi connectivity index (χ1) is 19.9. The number of nitrogens with zero attached hydrogens (tertiary/aromatic N) is 3. The highest BCUT2D eigenvalue weighted by molar-refractivity contribution is 6.46. The van der Waals surface area contributed by atoms with Gasteiger partial charge >= 0.3 is 0 Å². The molecule has 0 saturated carbocycles. The molecule has 2 aromatic carbocycles. The van der Waals surface area contributed by atoms with E-state index in [1.165, 1.54) is 4.90 Å². The fraction of sp³-hybridized carbons (Fsp3) is 0.387. The number of likely N-dealkylation sites (tertiary alicyclic amines) is 1. The number of methoxy groups -OCH3 is 1. The highest BCUT2D eigenvalue weighted by Gasteiger charge is 2.46. The van der Waals surface area contributed by atoms with Gasteiger partial charge in [0.05, 0.1) is 31.7 Å². The lowest BCUT2D eigenvalue weighted by Gasteiger charge is -2.26. The van der Waals surface area contributed by atoms with Crippen LogP contribution in [0.2, 0.25) is 0 Å². The Morgan fingerprint density at radius 3 is 2.61 bits per heavy atom. The van der Waals surface area contributed by atoms with Crippen LogP contribution in [0.5, 0.6) is 23.0 Å². The van der Waals surface area contributed by atoms with E-state index in [0.29, 0.717) is 79.4 Å². The molecule has 1 fully saturated rings. The normalized spacial score (nSPS) is 17.8. The van der Waals surface area contributed by atoms with E-state index in [-0.39, 0.29) is 11.3 Å². The van der Waals surface area contributed by atoms with Crippen molar-refractivity contribution >= 4 is 17.4 Å². The molecule has 0 radical (unpaired) electrons.